The zero-order valence-corrected chi connectivity index (χ0v) is 11.8. The fourth-order valence-electron chi connectivity index (χ4n) is 2.32. The quantitative estimate of drug-likeness (QED) is 0.731. The lowest BCUT2D eigenvalue weighted by molar-refractivity contribution is 0.0848. The van der Waals surface area contributed by atoms with Crippen molar-refractivity contribution in [1.29, 1.82) is 0 Å². The van der Waals surface area contributed by atoms with Crippen LogP contribution in [0.4, 0.5) is 0 Å². The number of ether oxygens (including phenoxy) is 1. The summed E-state index contributed by atoms with van der Waals surface area (Å²) in [6.07, 6.45) is 0.747. The Kier molecular flexibility index (Phi) is 3.79. The van der Waals surface area contributed by atoms with Crippen molar-refractivity contribution in [3.05, 3.63) is 65.5 Å². The van der Waals surface area contributed by atoms with Crippen molar-refractivity contribution >= 4 is 16.8 Å². The summed E-state index contributed by atoms with van der Waals surface area (Å²) in [5, 5.41) is 0. The Labute approximate surface area is 122 Å². The summed E-state index contributed by atoms with van der Waals surface area (Å²) in [6.45, 7) is 0.0938. The minimum absolute atomic E-state index is 0.0291. The van der Waals surface area contributed by atoms with Gasteiger partial charge in [0.05, 0.1) is 11.0 Å². The highest BCUT2D eigenvalue weighted by Gasteiger charge is 2.09. The molecule has 0 amide bonds. The molecule has 0 aliphatic carbocycles. The number of hydrogen-bond donors (Lipinski definition) is 1. The Morgan fingerprint density at radius 2 is 2.00 bits per heavy atom. The number of rotatable bonds is 5. The molecule has 1 aromatic heterocycles. The van der Waals surface area contributed by atoms with Crippen LogP contribution in [-0.2, 0) is 11.2 Å². The molecule has 106 valence electrons. The maximum Gasteiger partial charge on any atom is 0.188 e. The Morgan fingerprint density at radius 1 is 1.19 bits per heavy atom. The SMILES string of the molecule is COCC(=O)c1ccc2nc(Cc3ccccc3)[nH]c2c1. The molecule has 1 heterocycles. The third-order valence-corrected chi connectivity index (χ3v) is 3.34. The number of imidazole rings is 1. The first-order valence-corrected chi connectivity index (χ1v) is 6.81. The number of methoxy groups -OCH3 is 1. The molecule has 1 N–H and O–H groups in total. The third-order valence-electron chi connectivity index (χ3n) is 3.34. The average molecular weight is 280 g/mol. The van der Waals surface area contributed by atoms with Crippen molar-refractivity contribution in [3.63, 3.8) is 0 Å². The highest BCUT2D eigenvalue weighted by molar-refractivity contribution is 5.99. The lowest BCUT2D eigenvalue weighted by Gasteiger charge is -1.98. The number of aromatic amines is 1. The van der Waals surface area contributed by atoms with E-state index in [1.54, 1.807) is 6.07 Å². The minimum Gasteiger partial charge on any atom is -0.377 e. The highest BCUT2D eigenvalue weighted by Crippen LogP contribution is 2.16. The average Bonchev–Trinajstić information content (AvgIpc) is 2.89. The fraction of sp³-hybridized carbons (Fsp3) is 0.176. The summed E-state index contributed by atoms with van der Waals surface area (Å²) in [5.74, 6) is 0.867. The molecule has 2 aromatic carbocycles. The monoisotopic (exact) mass is 280 g/mol. The molecule has 0 radical (unpaired) electrons. The van der Waals surface area contributed by atoms with Crippen molar-refractivity contribution in [1.82, 2.24) is 9.97 Å². The molecule has 4 heteroatoms. The molecule has 0 aliphatic rings. The van der Waals surface area contributed by atoms with E-state index in [2.05, 4.69) is 22.1 Å². The van der Waals surface area contributed by atoms with E-state index in [1.807, 2.05) is 30.3 Å². The summed E-state index contributed by atoms with van der Waals surface area (Å²) < 4.78 is 4.88. The van der Waals surface area contributed by atoms with E-state index >= 15 is 0 Å². The standard InChI is InChI=1S/C17H16N2O2/c1-21-11-16(20)13-7-8-14-15(10-13)19-17(18-14)9-12-5-3-2-4-6-12/h2-8,10H,9,11H2,1H3,(H,18,19). The van der Waals surface area contributed by atoms with Gasteiger partial charge in [-0.05, 0) is 23.8 Å². The maximum absolute atomic E-state index is 11.8. The largest absolute Gasteiger partial charge is 0.377 e. The lowest BCUT2D eigenvalue weighted by atomic mass is 10.1. The number of aromatic nitrogens is 2. The molecular formula is C17H16N2O2. The van der Waals surface area contributed by atoms with Crippen LogP contribution in [0.2, 0.25) is 0 Å². The van der Waals surface area contributed by atoms with Crippen molar-refractivity contribution in [2.24, 2.45) is 0 Å². The second-order valence-corrected chi connectivity index (χ2v) is 4.93. The van der Waals surface area contributed by atoms with Crippen LogP contribution in [0.5, 0.6) is 0 Å². The summed E-state index contributed by atoms with van der Waals surface area (Å²) in [6, 6.07) is 15.6. The normalized spacial score (nSPS) is 10.9. The van der Waals surface area contributed by atoms with Crippen LogP contribution in [0.1, 0.15) is 21.7 Å². The molecular weight excluding hydrogens is 264 g/mol. The van der Waals surface area contributed by atoms with Crippen LogP contribution < -0.4 is 0 Å². The highest BCUT2D eigenvalue weighted by atomic mass is 16.5. The minimum atomic E-state index is -0.0291. The predicted octanol–water partition coefficient (Wildman–Crippen LogP) is 2.98. The van der Waals surface area contributed by atoms with Gasteiger partial charge in [0, 0.05) is 19.1 Å². The summed E-state index contributed by atoms with van der Waals surface area (Å²) in [4.78, 5) is 19.7. The topological polar surface area (TPSA) is 55.0 Å². The molecule has 0 atom stereocenters. The molecule has 4 nitrogen and oxygen atoms in total. The molecule has 0 fully saturated rings. The Morgan fingerprint density at radius 3 is 2.76 bits per heavy atom. The van der Waals surface area contributed by atoms with E-state index < -0.39 is 0 Å². The Bertz CT molecular complexity index is 763. The number of H-pyrrole nitrogens is 1. The summed E-state index contributed by atoms with van der Waals surface area (Å²) >= 11 is 0. The number of ketones is 1. The van der Waals surface area contributed by atoms with E-state index in [9.17, 15) is 4.79 Å². The van der Waals surface area contributed by atoms with Gasteiger partial charge in [-0.25, -0.2) is 4.98 Å². The molecule has 21 heavy (non-hydrogen) atoms. The van der Waals surface area contributed by atoms with Gasteiger partial charge >= 0.3 is 0 Å². The van der Waals surface area contributed by atoms with E-state index in [0.717, 1.165) is 23.3 Å². The van der Waals surface area contributed by atoms with E-state index in [0.29, 0.717) is 5.56 Å². The summed E-state index contributed by atoms with van der Waals surface area (Å²) in [5.41, 5.74) is 3.59. The second-order valence-electron chi connectivity index (χ2n) is 4.93. The van der Waals surface area contributed by atoms with Crippen LogP contribution in [0.3, 0.4) is 0 Å². The van der Waals surface area contributed by atoms with Crippen LogP contribution >= 0.6 is 0 Å². The van der Waals surface area contributed by atoms with Gasteiger partial charge in [-0.1, -0.05) is 30.3 Å². The molecule has 0 spiro atoms. The van der Waals surface area contributed by atoms with E-state index in [1.165, 1.54) is 12.7 Å². The third kappa shape index (κ3) is 3.01. The van der Waals surface area contributed by atoms with Gasteiger partial charge in [0.2, 0.25) is 0 Å². The molecule has 0 unspecified atom stereocenters. The number of nitrogens with one attached hydrogen (secondary N) is 1. The molecule has 0 aliphatic heterocycles. The van der Waals surface area contributed by atoms with Gasteiger partial charge in [0.25, 0.3) is 0 Å². The maximum atomic E-state index is 11.8. The number of carbonyl (C=O) groups is 1. The lowest BCUT2D eigenvalue weighted by Crippen LogP contribution is -2.06. The smallest absolute Gasteiger partial charge is 0.188 e. The first kappa shape index (κ1) is 13.5. The Balaban J connectivity index is 1.88. The van der Waals surface area contributed by atoms with Crippen LogP contribution in [0.25, 0.3) is 11.0 Å². The zero-order valence-electron chi connectivity index (χ0n) is 11.8. The van der Waals surface area contributed by atoms with Crippen molar-refractivity contribution in [3.8, 4) is 0 Å². The predicted molar refractivity (Wildman–Crippen MR) is 81.5 cm³/mol. The van der Waals surface area contributed by atoms with Crippen LogP contribution in [0.15, 0.2) is 48.5 Å². The number of hydrogen-bond acceptors (Lipinski definition) is 3. The number of benzene rings is 2. The number of Topliss-reactive ketones (excluding diaryl/α,β-unsaturated/α-hetero) is 1. The van der Waals surface area contributed by atoms with Crippen LogP contribution in [0, 0.1) is 0 Å². The number of fused-ring (bicyclic) bond motifs is 1. The fourth-order valence-corrected chi connectivity index (χ4v) is 2.32. The van der Waals surface area contributed by atoms with Gasteiger partial charge in [-0.15, -0.1) is 0 Å². The van der Waals surface area contributed by atoms with Crippen molar-refractivity contribution in [2.75, 3.05) is 13.7 Å². The molecule has 3 rings (SSSR count). The first-order valence-electron chi connectivity index (χ1n) is 6.81. The van der Waals surface area contributed by atoms with Crippen LogP contribution in [-0.4, -0.2) is 29.5 Å². The van der Waals surface area contributed by atoms with Gasteiger partial charge in [0.15, 0.2) is 5.78 Å². The van der Waals surface area contributed by atoms with Gasteiger partial charge < -0.3 is 9.72 Å². The number of carbonyl (C=O) groups excluding carboxylic acids is 1. The molecule has 0 bridgehead atoms. The first-order chi connectivity index (χ1) is 10.3. The molecule has 0 saturated carbocycles. The number of nitrogens with zero attached hydrogens (tertiary/aromatic N) is 1. The van der Waals surface area contributed by atoms with E-state index in [4.69, 9.17) is 4.74 Å². The Hall–Kier alpha value is -2.46. The van der Waals surface area contributed by atoms with Gasteiger partial charge in [-0.3, -0.25) is 4.79 Å². The van der Waals surface area contributed by atoms with Gasteiger partial charge in [0.1, 0.15) is 12.4 Å². The van der Waals surface area contributed by atoms with Crippen molar-refractivity contribution < 1.29 is 9.53 Å². The summed E-state index contributed by atoms with van der Waals surface area (Å²) in [7, 11) is 1.52. The molecule has 0 saturated heterocycles. The molecule has 3 aromatic rings. The van der Waals surface area contributed by atoms with Gasteiger partial charge in [-0.2, -0.15) is 0 Å². The second kappa shape index (κ2) is 5.89. The van der Waals surface area contributed by atoms with E-state index in [-0.39, 0.29) is 12.4 Å². The van der Waals surface area contributed by atoms with Crippen molar-refractivity contribution in [2.45, 2.75) is 6.42 Å². The zero-order chi connectivity index (χ0) is 14.7.